The summed E-state index contributed by atoms with van der Waals surface area (Å²) in [5.41, 5.74) is 49.9. The van der Waals surface area contributed by atoms with Crippen molar-refractivity contribution in [2.75, 3.05) is 0 Å². The van der Waals surface area contributed by atoms with Gasteiger partial charge in [0, 0.05) is 99.6 Å². The molecule has 0 radical (unpaired) electrons. The van der Waals surface area contributed by atoms with Crippen molar-refractivity contribution in [1.29, 1.82) is 0 Å². The van der Waals surface area contributed by atoms with Crippen molar-refractivity contribution in [2.45, 2.75) is 177 Å². The highest BCUT2D eigenvalue weighted by Crippen LogP contribution is 2.46. The summed E-state index contributed by atoms with van der Waals surface area (Å²) in [6.45, 7) is 40.7. The van der Waals surface area contributed by atoms with E-state index in [1.54, 1.807) is 15.4 Å². The average Bonchev–Trinajstić information content (AvgIpc) is 1.60. The van der Waals surface area contributed by atoms with Gasteiger partial charge in [-0.3, -0.25) is 0 Å². The number of hydrogen-bond acceptors (Lipinski definition) is 11. The zero-order valence-corrected chi connectivity index (χ0v) is 84.9. The molecule has 4 aliphatic heterocycles. The van der Waals surface area contributed by atoms with Crippen molar-refractivity contribution in [3.63, 3.8) is 0 Å². The first kappa shape index (κ1) is 93.7. The highest BCUT2D eigenvalue weighted by atomic mass is 16.5. The second kappa shape index (κ2) is 36.8. The normalized spacial score (nSPS) is 12.8. The number of aromatic amines is 4. The Bertz CT molecular complexity index is 7840. The summed E-state index contributed by atoms with van der Waals surface area (Å²) in [7, 11) is 0. The van der Waals surface area contributed by atoms with Crippen LogP contribution in [0.1, 0.15) is 221 Å². The Morgan fingerprint density at radius 3 is 0.646 bits per heavy atom. The Morgan fingerprint density at radius 2 is 0.458 bits per heavy atom. The largest absolute Gasteiger partial charge is 0.487 e. The summed E-state index contributed by atoms with van der Waals surface area (Å²) < 4.78 is 16.5. The zero-order valence-electron chi connectivity index (χ0n) is 84.9. The Labute approximate surface area is 840 Å². The molecule has 12 heterocycles. The molecule has 9 aromatic carbocycles. The molecule has 0 aliphatic carbocycles. The molecule has 4 N–H and O–H groups in total. The molecule has 19 nitrogen and oxygen atoms in total. The predicted molar refractivity (Wildman–Crippen MR) is 591 cm³/mol. The molecule has 0 amide bonds. The highest BCUT2D eigenvalue weighted by molar-refractivity contribution is 6.03. The third kappa shape index (κ3) is 19.0. The Morgan fingerprint density at radius 1 is 0.264 bits per heavy atom. The number of hydrogen-bond donors (Lipinski definition) is 4. The molecule has 0 fully saturated rings. The van der Waals surface area contributed by atoms with Crippen molar-refractivity contribution < 1.29 is 9.47 Å². The molecule has 714 valence electrons. The minimum atomic E-state index is -0.0516. The summed E-state index contributed by atoms with van der Waals surface area (Å²) >= 11 is 0. The fourth-order valence-corrected chi connectivity index (χ4v) is 19.5. The first-order chi connectivity index (χ1) is 69.0. The summed E-state index contributed by atoms with van der Waals surface area (Å²) in [6.07, 6.45) is 20.9. The number of azide groups is 1. The van der Waals surface area contributed by atoms with Gasteiger partial charge in [-0.2, -0.15) is 0 Å². The third-order valence-electron chi connectivity index (χ3n) is 27.7. The van der Waals surface area contributed by atoms with Gasteiger partial charge in [0.05, 0.1) is 75.9 Å². The van der Waals surface area contributed by atoms with Gasteiger partial charge >= 0.3 is 0 Å². The quantitative estimate of drug-likeness (QED) is 0.0360. The molecule has 8 aromatic heterocycles. The topological polar surface area (TPSA) is 243 Å². The number of benzene rings is 9. The first-order valence-corrected chi connectivity index (χ1v) is 49.4. The number of rotatable bonds is 18. The zero-order chi connectivity index (χ0) is 100. The summed E-state index contributed by atoms with van der Waals surface area (Å²) in [6, 6.07) is 93.2. The van der Waals surface area contributed by atoms with Crippen molar-refractivity contribution in [2.24, 2.45) is 5.11 Å². The number of ether oxygens (including phenoxy) is 2. The monoisotopic (exact) mass is 1890 g/mol. The fraction of sp³-hybridized carbons (Fsp3) is 0.216. The van der Waals surface area contributed by atoms with Crippen molar-refractivity contribution in [1.82, 2.24) is 69.9 Å². The van der Waals surface area contributed by atoms with Gasteiger partial charge in [0.2, 0.25) is 0 Å². The molecule has 19 heteroatoms. The summed E-state index contributed by atoms with van der Waals surface area (Å²) in [4.78, 5) is 41.5. The minimum absolute atomic E-state index is 0.0310. The molecular formula is C125H117N17O2. The molecule has 0 saturated carbocycles. The lowest BCUT2D eigenvalue weighted by Gasteiger charge is -2.19. The van der Waals surface area contributed by atoms with E-state index < -0.39 is 0 Å². The third-order valence-corrected chi connectivity index (χ3v) is 27.7. The van der Waals surface area contributed by atoms with E-state index in [2.05, 4.69) is 442 Å². The Balaban J connectivity index is 0.580. The SMILES string of the molecule is CC(C)(C)c1ccc(-c2c3nc(c(-c4ccc(C(C)(C)C)cc4)c4ccc([nH]4)c(-c4ccc(C(C)(C)C)cc4)c4nc(c(-c5ccc(-n6cc(COc7cc(CN=[N+]=[N-])cc(OCc8cn(-c9ccc(-c%10c%11nc(c(-c%12ccc(C(C)(C)C)cc%12)c%12ccc([nH]%12)c(-c%12ccc(C(C)(C)C)cc%12)c%12nc(c(-c%13ccc(C(C)(C)C)cc%13)c%13ccc%10[nH]%13)C=C%12)C=C%11)cc9)nn8)c7)nn6)cc5)c5ccc2[nH]5)C=C4)C=C3)cc1. The molecule has 144 heavy (non-hydrogen) atoms. The maximum absolute atomic E-state index is 9.55. The van der Waals surface area contributed by atoms with E-state index in [0.717, 1.165) is 190 Å². The lowest BCUT2D eigenvalue weighted by molar-refractivity contribution is 0.284. The van der Waals surface area contributed by atoms with Gasteiger partial charge in [-0.15, -0.1) is 10.2 Å². The number of H-pyrrole nitrogens is 4. The minimum Gasteiger partial charge on any atom is -0.487 e. The van der Waals surface area contributed by atoms with Crippen molar-refractivity contribution in [3.05, 3.63) is 380 Å². The van der Waals surface area contributed by atoms with Gasteiger partial charge in [-0.25, -0.2) is 29.3 Å². The van der Waals surface area contributed by atoms with Crippen LogP contribution in [0.5, 0.6) is 11.5 Å². The first-order valence-electron chi connectivity index (χ1n) is 49.4. The fourth-order valence-electron chi connectivity index (χ4n) is 19.5. The second-order valence-corrected chi connectivity index (χ2v) is 44.2. The molecule has 0 saturated heterocycles. The van der Waals surface area contributed by atoms with Crippen LogP contribution < -0.4 is 9.47 Å². The van der Waals surface area contributed by atoms with Gasteiger partial charge in [0.1, 0.15) is 36.1 Å². The van der Waals surface area contributed by atoms with Gasteiger partial charge < -0.3 is 29.4 Å². The maximum atomic E-state index is 9.55. The van der Waals surface area contributed by atoms with Crippen molar-refractivity contribution >= 4 is 92.7 Å². The summed E-state index contributed by atoms with van der Waals surface area (Å²) in [5, 5.41) is 22.4. The molecule has 16 bridgehead atoms. The average molecular weight is 1890 g/mol. The number of aromatic nitrogens is 14. The molecule has 21 rings (SSSR count). The molecule has 0 atom stereocenters. The lowest BCUT2D eigenvalue weighted by atomic mass is 9.86. The van der Waals surface area contributed by atoms with Crippen LogP contribution in [0, 0.1) is 0 Å². The second-order valence-electron chi connectivity index (χ2n) is 44.2. The molecule has 4 aliphatic rings. The number of nitrogens with zero attached hydrogens (tertiary/aromatic N) is 13. The van der Waals surface area contributed by atoms with Gasteiger partial charge in [0.15, 0.2) is 0 Å². The number of fused-ring (bicyclic) bond motifs is 16. The molecular weight excluding hydrogens is 1770 g/mol. The molecule has 0 unspecified atom stereocenters. The van der Waals surface area contributed by atoms with E-state index in [-0.39, 0.29) is 52.2 Å². The maximum Gasteiger partial charge on any atom is 0.134 e. The van der Waals surface area contributed by atoms with Crippen LogP contribution in [-0.2, 0) is 52.2 Å². The van der Waals surface area contributed by atoms with E-state index >= 15 is 0 Å². The smallest absolute Gasteiger partial charge is 0.134 e. The van der Waals surface area contributed by atoms with Crippen LogP contribution >= 0.6 is 0 Å². The van der Waals surface area contributed by atoms with E-state index in [4.69, 9.17) is 29.4 Å². The van der Waals surface area contributed by atoms with E-state index in [1.165, 1.54) is 33.4 Å². The van der Waals surface area contributed by atoms with E-state index in [9.17, 15) is 5.53 Å². The van der Waals surface area contributed by atoms with E-state index in [1.807, 2.05) is 48.8 Å². The molecule has 0 spiro atoms. The van der Waals surface area contributed by atoms with Crippen molar-refractivity contribution in [3.8, 4) is 112 Å². The standard InChI is InChI=1S/C125H117N17O2/c1-120(2,3)84-35-19-76(20-36-84)112-96-51-55-100(128-96)114(78-23-39-86(40-24-78)122(7,8)9)104-59-63-108(132-104)118(109-64-60-105(133-109)115(101-56-52-97(112)129-101)79-25-41-87(42-26-79)123(10,11)12)82-31-47-92(48-32-82)141-71-90(136-139-141)73-143-94-67-75(70-127-138-126)68-95(69-94)144-74-91-72-142(140-137-91)93-49-33-83(34-50-93)119-110-65-61-106(134-110)116(80-27-43-88(44-28-80)124(13,14)15)102-57-53-98(130-102)113(77-21-37-85(38-22-77)121(4,5)6)99-54-58-103(131-99)117(107-62-66-111(119)135-107)81-29-45-89(46-30-81)125(16,17)18/h19-69,71-72,128,130,133,135H,70,73-74H2,1-18H3. The van der Waals surface area contributed by atoms with Crippen LogP contribution in [0.25, 0.3) is 204 Å². The lowest BCUT2D eigenvalue weighted by Crippen LogP contribution is -2.10. The van der Waals surface area contributed by atoms with Crippen LogP contribution in [0.3, 0.4) is 0 Å². The number of nitrogens with one attached hydrogen (secondary N) is 4. The van der Waals surface area contributed by atoms with Gasteiger partial charge in [-0.05, 0) is 255 Å². The Kier molecular flexibility index (Phi) is 23.9. The van der Waals surface area contributed by atoms with Gasteiger partial charge in [-0.1, -0.05) is 310 Å². The summed E-state index contributed by atoms with van der Waals surface area (Å²) in [5.74, 6) is 0.951. The molecule has 17 aromatic rings. The predicted octanol–water partition coefficient (Wildman–Crippen LogP) is 31.9. The Hall–Kier alpha value is -16.6. The van der Waals surface area contributed by atoms with Crippen LogP contribution in [-0.4, -0.2) is 69.9 Å². The highest BCUT2D eigenvalue weighted by Gasteiger charge is 2.28. The van der Waals surface area contributed by atoms with Crippen LogP contribution in [0.2, 0.25) is 0 Å². The van der Waals surface area contributed by atoms with E-state index in [0.29, 0.717) is 28.5 Å². The van der Waals surface area contributed by atoms with Gasteiger partial charge in [0.25, 0.3) is 0 Å². The van der Waals surface area contributed by atoms with Crippen LogP contribution in [0.4, 0.5) is 0 Å². The van der Waals surface area contributed by atoms with Crippen LogP contribution in [0.15, 0.2) is 278 Å².